The summed E-state index contributed by atoms with van der Waals surface area (Å²) in [6.07, 6.45) is 57.0. The first-order chi connectivity index (χ1) is 25.2. The van der Waals surface area contributed by atoms with Crippen LogP contribution in [0.2, 0.25) is 0 Å². The summed E-state index contributed by atoms with van der Waals surface area (Å²) < 4.78 is 5.91. The van der Waals surface area contributed by atoms with Gasteiger partial charge in [-0.2, -0.15) is 0 Å². The Morgan fingerprint density at radius 2 is 0.431 bits per heavy atom. The molecule has 0 unspecified atom stereocenters. The minimum Gasteiger partial charge on any atom is -0.394 e. The molecule has 0 aromatic carbocycles. The van der Waals surface area contributed by atoms with Crippen LogP contribution in [0.4, 0.5) is 0 Å². The van der Waals surface area contributed by atoms with E-state index in [0.29, 0.717) is 0 Å². The zero-order valence-corrected chi connectivity index (χ0v) is 35.4. The molecule has 51 heavy (non-hydrogen) atoms. The Kier molecular flexibility index (Phi) is 53.9. The van der Waals surface area contributed by atoms with E-state index in [4.69, 9.17) is 20.1 Å². The number of aliphatic hydroxyl groups excluding tert-OH is 3. The van der Waals surface area contributed by atoms with Crippen LogP contribution < -0.4 is 0 Å². The van der Waals surface area contributed by atoms with E-state index in [9.17, 15) is 0 Å². The van der Waals surface area contributed by atoms with Gasteiger partial charge in [-0.3, -0.25) is 0 Å². The molecule has 0 saturated heterocycles. The van der Waals surface area contributed by atoms with Gasteiger partial charge in [-0.05, 0) is 12.8 Å². The van der Waals surface area contributed by atoms with E-state index in [1.807, 2.05) is 0 Å². The molecule has 0 atom stereocenters. The first kappa shape index (κ1) is 52.9. The third-order valence-electron chi connectivity index (χ3n) is 10.7. The maximum absolute atomic E-state index is 8.17. The monoisotopic (exact) mass is 727 g/mol. The van der Waals surface area contributed by atoms with Crippen molar-refractivity contribution >= 4 is 0 Å². The Bertz CT molecular complexity index is 510. The van der Waals surface area contributed by atoms with E-state index in [0.717, 1.165) is 13.2 Å². The van der Waals surface area contributed by atoms with Crippen molar-refractivity contribution in [3.05, 3.63) is 0 Å². The fourth-order valence-electron chi connectivity index (χ4n) is 7.08. The average molecular weight is 727 g/mol. The molecule has 0 amide bonds. The molecule has 4 nitrogen and oxygen atoms in total. The number of hydrogen-bond acceptors (Lipinski definition) is 4. The fraction of sp³-hybridized carbons (Fsp3) is 1.00. The van der Waals surface area contributed by atoms with E-state index >= 15 is 0 Å². The predicted octanol–water partition coefficient (Wildman–Crippen LogP) is 15.0. The van der Waals surface area contributed by atoms with Crippen LogP contribution in [0, 0.1) is 0 Å². The predicted molar refractivity (Wildman–Crippen MR) is 227 cm³/mol. The van der Waals surface area contributed by atoms with Crippen molar-refractivity contribution in [2.24, 2.45) is 0 Å². The molecule has 0 aromatic heterocycles. The van der Waals surface area contributed by atoms with E-state index in [-0.39, 0.29) is 13.2 Å². The molecule has 0 aromatic rings. The lowest BCUT2D eigenvalue weighted by Gasteiger charge is -2.06. The van der Waals surface area contributed by atoms with E-state index < -0.39 is 6.10 Å². The lowest BCUT2D eigenvalue weighted by molar-refractivity contribution is 0.0450. The summed E-state index contributed by atoms with van der Waals surface area (Å²) in [5, 5.41) is 24.0. The zero-order valence-electron chi connectivity index (χ0n) is 35.4. The Balaban J connectivity index is 0. The Hall–Kier alpha value is -0.160. The molecule has 0 heterocycles. The lowest BCUT2D eigenvalue weighted by atomic mass is 10.0. The van der Waals surface area contributed by atoms with Gasteiger partial charge in [0.1, 0.15) is 6.10 Å². The highest BCUT2D eigenvalue weighted by atomic mass is 16.5. The second kappa shape index (κ2) is 51.9. The number of aliphatic hydroxyl groups is 3. The molecular weight excluding hydrogens is 629 g/mol. The average Bonchev–Trinajstić information content (AvgIpc) is 3.15. The lowest BCUT2D eigenvalue weighted by Crippen LogP contribution is -2.15. The summed E-state index contributed by atoms with van der Waals surface area (Å²) >= 11 is 0. The molecule has 310 valence electrons. The molecule has 0 saturated carbocycles. The number of rotatable bonds is 44. The van der Waals surface area contributed by atoms with Crippen molar-refractivity contribution in [1.82, 2.24) is 0 Å². The van der Waals surface area contributed by atoms with E-state index in [1.165, 1.54) is 257 Å². The number of unbranched alkanes of at least 4 members (excludes halogenated alkanes) is 38. The molecule has 0 bridgehead atoms. The van der Waals surface area contributed by atoms with Gasteiger partial charge in [0.05, 0.1) is 13.2 Å². The molecule has 4 heteroatoms. The van der Waals surface area contributed by atoms with Crippen molar-refractivity contribution in [3.8, 4) is 0 Å². The SMILES string of the molecule is CCCCCCCCCCCCCCCCCCCCCCOCCCCCCCCCCCCCCCCCCCCCC.OCC(O)CO. The van der Waals surface area contributed by atoms with Crippen LogP contribution >= 0.6 is 0 Å². The maximum Gasteiger partial charge on any atom is 0.100 e. The van der Waals surface area contributed by atoms with Crippen LogP contribution in [-0.4, -0.2) is 47.9 Å². The standard InChI is InChI=1S/C44H90O.C3H8O3/c1-3-5-7-9-11-13-15-17-19-21-23-25-27-29-31-33-35-37-39-41-43-45-44-42-40-38-36-34-32-30-28-26-24-22-20-18-16-14-12-10-8-6-4-2;4-1-3(6)2-5/h3-44H2,1-2H3;3-6H,1-2H2. The van der Waals surface area contributed by atoms with Crippen molar-refractivity contribution in [2.45, 2.75) is 277 Å². The Labute approximate surface area is 322 Å². The van der Waals surface area contributed by atoms with Gasteiger partial charge < -0.3 is 20.1 Å². The zero-order chi connectivity index (χ0) is 37.4. The van der Waals surface area contributed by atoms with Crippen molar-refractivity contribution < 1.29 is 20.1 Å². The third-order valence-corrected chi connectivity index (χ3v) is 10.7. The highest BCUT2D eigenvalue weighted by Crippen LogP contribution is 2.16. The largest absolute Gasteiger partial charge is 0.394 e. The van der Waals surface area contributed by atoms with Gasteiger partial charge in [-0.15, -0.1) is 0 Å². The summed E-state index contributed by atoms with van der Waals surface area (Å²) in [7, 11) is 0. The van der Waals surface area contributed by atoms with Crippen LogP contribution in [0.5, 0.6) is 0 Å². The number of ether oxygens (including phenoxy) is 1. The van der Waals surface area contributed by atoms with Gasteiger partial charge in [0.25, 0.3) is 0 Å². The van der Waals surface area contributed by atoms with Crippen LogP contribution in [0.25, 0.3) is 0 Å². The number of hydrogen-bond donors (Lipinski definition) is 3. The van der Waals surface area contributed by atoms with Gasteiger partial charge in [0.2, 0.25) is 0 Å². The highest BCUT2D eigenvalue weighted by Gasteiger charge is 1.98. The van der Waals surface area contributed by atoms with Crippen molar-refractivity contribution in [1.29, 1.82) is 0 Å². The Morgan fingerprint density at radius 3 is 0.569 bits per heavy atom. The summed E-state index contributed by atoms with van der Waals surface area (Å²) in [4.78, 5) is 0. The summed E-state index contributed by atoms with van der Waals surface area (Å²) in [5.74, 6) is 0. The quantitative estimate of drug-likeness (QED) is 0.0547. The minimum atomic E-state index is -0.954. The van der Waals surface area contributed by atoms with Crippen LogP contribution in [0.3, 0.4) is 0 Å². The molecule has 3 N–H and O–H groups in total. The van der Waals surface area contributed by atoms with Gasteiger partial charge in [0, 0.05) is 13.2 Å². The first-order valence-electron chi connectivity index (χ1n) is 23.7. The van der Waals surface area contributed by atoms with E-state index in [2.05, 4.69) is 13.8 Å². The van der Waals surface area contributed by atoms with E-state index in [1.54, 1.807) is 0 Å². The van der Waals surface area contributed by atoms with Gasteiger partial charge in [0.15, 0.2) is 0 Å². The maximum atomic E-state index is 8.17. The molecule has 0 aliphatic rings. The molecule has 0 spiro atoms. The van der Waals surface area contributed by atoms with Crippen LogP contribution in [0.15, 0.2) is 0 Å². The normalized spacial score (nSPS) is 11.4. The minimum absolute atomic E-state index is 0.365. The molecule has 0 aliphatic carbocycles. The third kappa shape index (κ3) is 54.3. The van der Waals surface area contributed by atoms with Crippen LogP contribution in [0.1, 0.15) is 271 Å². The first-order valence-corrected chi connectivity index (χ1v) is 23.7. The van der Waals surface area contributed by atoms with Gasteiger partial charge >= 0.3 is 0 Å². The van der Waals surface area contributed by atoms with Gasteiger partial charge in [-0.25, -0.2) is 0 Å². The smallest absolute Gasteiger partial charge is 0.100 e. The molecule has 0 radical (unpaired) electrons. The van der Waals surface area contributed by atoms with Gasteiger partial charge in [-0.1, -0.05) is 258 Å². The molecule has 0 fully saturated rings. The topological polar surface area (TPSA) is 69.9 Å². The summed E-state index contributed by atoms with van der Waals surface area (Å²) in [5.41, 5.74) is 0. The summed E-state index contributed by atoms with van der Waals surface area (Å²) in [6.45, 7) is 5.88. The van der Waals surface area contributed by atoms with Crippen LogP contribution in [-0.2, 0) is 4.74 Å². The molecule has 0 rings (SSSR count). The molecular formula is C47H98O4. The second-order valence-electron chi connectivity index (χ2n) is 16.1. The van der Waals surface area contributed by atoms with Crippen molar-refractivity contribution in [2.75, 3.05) is 26.4 Å². The highest BCUT2D eigenvalue weighted by molar-refractivity contribution is 4.53. The van der Waals surface area contributed by atoms with Crippen molar-refractivity contribution in [3.63, 3.8) is 0 Å². The summed E-state index contributed by atoms with van der Waals surface area (Å²) in [6, 6.07) is 0. The Morgan fingerprint density at radius 1 is 0.275 bits per heavy atom. The second-order valence-corrected chi connectivity index (χ2v) is 16.1. The fourth-order valence-corrected chi connectivity index (χ4v) is 7.08. The molecule has 0 aliphatic heterocycles.